The van der Waals surface area contributed by atoms with Gasteiger partial charge in [-0.2, -0.15) is 0 Å². The first-order valence-electron chi connectivity index (χ1n) is 11.0. The lowest BCUT2D eigenvalue weighted by atomic mass is 9.62. The molecule has 3 aromatic heterocycles. The molecule has 0 amide bonds. The lowest BCUT2D eigenvalue weighted by Gasteiger charge is -2.46. The standard InChI is InChI=1S/C29H22N4/c1-33-27-11-3-2-8-24(27)29(21-12-17-30-18-13-21,22-14-19-31-20-15-22)25-9-6-7-23(28(25)33)26-10-4-5-16-32-26/h2-20H,1H3. The lowest BCUT2D eigenvalue weighted by Crippen LogP contribution is -2.38. The molecule has 0 saturated carbocycles. The summed E-state index contributed by atoms with van der Waals surface area (Å²) in [5.74, 6) is 0. The molecule has 0 saturated heterocycles. The van der Waals surface area contributed by atoms with Crippen molar-refractivity contribution in [2.75, 3.05) is 11.9 Å². The molecular formula is C29H22N4. The minimum Gasteiger partial charge on any atom is -0.344 e. The van der Waals surface area contributed by atoms with Crippen molar-refractivity contribution in [1.82, 2.24) is 15.0 Å². The third-order valence-corrected chi connectivity index (χ3v) is 6.61. The maximum absolute atomic E-state index is 4.69. The number of aromatic nitrogens is 3. The topological polar surface area (TPSA) is 41.9 Å². The molecule has 1 aliphatic rings. The number of fused-ring (bicyclic) bond motifs is 2. The molecule has 0 spiro atoms. The van der Waals surface area contributed by atoms with E-state index in [0.717, 1.165) is 16.9 Å². The summed E-state index contributed by atoms with van der Waals surface area (Å²) in [6, 6.07) is 29.8. The zero-order chi connectivity index (χ0) is 22.3. The molecule has 33 heavy (non-hydrogen) atoms. The van der Waals surface area contributed by atoms with Gasteiger partial charge in [0.25, 0.3) is 0 Å². The van der Waals surface area contributed by atoms with E-state index in [1.807, 2.05) is 43.1 Å². The monoisotopic (exact) mass is 426 g/mol. The first kappa shape index (κ1) is 19.4. The van der Waals surface area contributed by atoms with Crippen molar-refractivity contribution in [2.24, 2.45) is 0 Å². The van der Waals surface area contributed by atoms with Crippen molar-refractivity contribution in [2.45, 2.75) is 5.41 Å². The second-order valence-corrected chi connectivity index (χ2v) is 8.21. The number of pyridine rings is 3. The SMILES string of the molecule is CN1c2ccccc2C(c2ccncc2)(c2ccncc2)c2cccc(-c3ccccn3)c21. The van der Waals surface area contributed by atoms with Gasteiger partial charge in [-0.1, -0.05) is 42.5 Å². The molecule has 4 heteroatoms. The Morgan fingerprint density at radius 2 is 1.24 bits per heavy atom. The van der Waals surface area contributed by atoms with Gasteiger partial charge in [0, 0.05) is 49.3 Å². The Hall–Kier alpha value is -4.31. The Morgan fingerprint density at radius 3 is 1.91 bits per heavy atom. The molecule has 0 bridgehead atoms. The van der Waals surface area contributed by atoms with Gasteiger partial charge in [0.15, 0.2) is 0 Å². The number of anilines is 2. The molecule has 5 aromatic rings. The van der Waals surface area contributed by atoms with E-state index in [1.54, 1.807) is 0 Å². The van der Waals surface area contributed by atoms with Crippen molar-refractivity contribution in [3.63, 3.8) is 0 Å². The van der Waals surface area contributed by atoms with Gasteiger partial charge in [0.2, 0.25) is 0 Å². The first-order chi connectivity index (χ1) is 16.3. The fourth-order valence-corrected chi connectivity index (χ4v) is 5.28. The van der Waals surface area contributed by atoms with Crippen molar-refractivity contribution in [3.05, 3.63) is 138 Å². The Kier molecular flexibility index (Phi) is 4.51. The number of benzene rings is 2. The van der Waals surface area contributed by atoms with Crippen LogP contribution in [0.15, 0.2) is 116 Å². The minimum absolute atomic E-state index is 0.519. The highest BCUT2D eigenvalue weighted by atomic mass is 15.1. The summed E-state index contributed by atoms with van der Waals surface area (Å²) >= 11 is 0. The van der Waals surface area contributed by atoms with Gasteiger partial charge in [-0.15, -0.1) is 0 Å². The van der Waals surface area contributed by atoms with E-state index in [9.17, 15) is 0 Å². The van der Waals surface area contributed by atoms with Gasteiger partial charge >= 0.3 is 0 Å². The second-order valence-electron chi connectivity index (χ2n) is 8.21. The molecule has 158 valence electrons. The maximum atomic E-state index is 4.69. The first-order valence-corrected chi connectivity index (χ1v) is 11.0. The van der Waals surface area contributed by atoms with E-state index < -0.39 is 5.41 Å². The predicted molar refractivity (Wildman–Crippen MR) is 132 cm³/mol. The number of hydrogen-bond acceptors (Lipinski definition) is 4. The van der Waals surface area contributed by atoms with Crippen LogP contribution in [-0.4, -0.2) is 22.0 Å². The van der Waals surface area contributed by atoms with Crippen LogP contribution >= 0.6 is 0 Å². The Labute approximate surface area is 193 Å². The molecule has 2 aromatic carbocycles. The van der Waals surface area contributed by atoms with E-state index in [-0.39, 0.29) is 0 Å². The Balaban J connectivity index is 1.80. The summed E-state index contributed by atoms with van der Waals surface area (Å²) in [5, 5.41) is 0. The van der Waals surface area contributed by atoms with E-state index in [4.69, 9.17) is 4.98 Å². The zero-order valence-corrected chi connectivity index (χ0v) is 18.3. The van der Waals surface area contributed by atoms with Crippen LogP contribution in [0.4, 0.5) is 11.4 Å². The molecule has 0 radical (unpaired) electrons. The quantitative estimate of drug-likeness (QED) is 0.355. The Bertz CT molecular complexity index is 1380. The largest absolute Gasteiger partial charge is 0.344 e. The van der Waals surface area contributed by atoms with Crippen LogP contribution in [-0.2, 0) is 5.41 Å². The average molecular weight is 427 g/mol. The fourth-order valence-electron chi connectivity index (χ4n) is 5.28. The molecule has 0 aliphatic carbocycles. The van der Waals surface area contributed by atoms with Crippen LogP contribution < -0.4 is 4.90 Å². The number of nitrogens with zero attached hydrogens (tertiary/aromatic N) is 4. The van der Waals surface area contributed by atoms with E-state index in [0.29, 0.717) is 0 Å². The molecule has 4 nitrogen and oxygen atoms in total. The molecule has 6 rings (SSSR count). The van der Waals surface area contributed by atoms with Gasteiger partial charge in [0.05, 0.1) is 16.8 Å². The normalized spacial score (nSPS) is 13.8. The molecule has 1 aliphatic heterocycles. The van der Waals surface area contributed by atoms with Crippen LogP contribution in [0.25, 0.3) is 11.3 Å². The van der Waals surface area contributed by atoms with E-state index in [1.165, 1.54) is 27.9 Å². The second kappa shape index (κ2) is 7.68. The molecule has 0 N–H and O–H groups in total. The summed E-state index contributed by atoms with van der Waals surface area (Å²) in [5.41, 5.74) is 8.66. The van der Waals surface area contributed by atoms with Crippen LogP contribution in [0.5, 0.6) is 0 Å². The van der Waals surface area contributed by atoms with E-state index in [2.05, 4.69) is 94.7 Å². The molecule has 0 fully saturated rings. The summed E-state index contributed by atoms with van der Waals surface area (Å²) in [7, 11) is 2.15. The number of hydrogen-bond donors (Lipinski definition) is 0. The highest BCUT2D eigenvalue weighted by Gasteiger charge is 2.46. The van der Waals surface area contributed by atoms with E-state index >= 15 is 0 Å². The smallest absolute Gasteiger partial charge is 0.0744 e. The minimum atomic E-state index is -0.519. The summed E-state index contributed by atoms with van der Waals surface area (Å²) in [6.45, 7) is 0. The van der Waals surface area contributed by atoms with Crippen molar-refractivity contribution in [1.29, 1.82) is 0 Å². The average Bonchev–Trinajstić information content (AvgIpc) is 2.90. The molecule has 4 heterocycles. The van der Waals surface area contributed by atoms with Gasteiger partial charge in [-0.05, 0) is 64.7 Å². The van der Waals surface area contributed by atoms with Crippen molar-refractivity contribution >= 4 is 11.4 Å². The van der Waals surface area contributed by atoms with Crippen LogP contribution in [0.1, 0.15) is 22.3 Å². The summed E-state index contributed by atoms with van der Waals surface area (Å²) in [6.07, 6.45) is 9.36. The van der Waals surface area contributed by atoms with Crippen molar-refractivity contribution < 1.29 is 0 Å². The molecule has 0 atom stereocenters. The van der Waals surface area contributed by atoms with Crippen LogP contribution in [0.2, 0.25) is 0 Å². The Morgan fingerprint density at radius 1 is 0.606 bits per heavy atom. The highest BCUT2D eigenvalue weighted by Crippen LogP contribution is 2.56. The van der Waals surface area contributed by atoms with Crippen LogP contribution in [0.3, 0.4) is 0 Å². The van der Waals surface area contributed by atoms with Gasteiger partial charge in [0.1, 0.15) is 0 Å². The third-order valence-electron chi connectivity index (χ3n) is 6.61. The van der Waals surface area contributed by atoms with Gasteiger partial charge < -0.3 is 4.90 Å². The zero-order valence-electron chi connectivity index (χ0n) is 18.3. The fraction of sp³-hybridized carbons (Fsp3) is 0.0690. The van der Waals surface area contributed by atoms with Crippen LogP contribution in [0, 0.1) is 0 Å². The number of para-hydroxylation sites is 2. The van der Waals surface area contributed by atoms with Crippen molar-refractivity contribution in [3.8, 4) is 11.3 Å². The lowest BCUT2D eigenvalue weighted by molar-refractivity contribution is 0.724. The molecular weight excluding hydrogens is 404 g/mol. The molecule has 0 unspecified atom stereocenters. The predicted octanol–water partition coefficient (Wildman–Crippen LogP) is 6.00. The van der Waals surface area contributed by atoms with Gasteiger partial charge in [-0.3, -0.25) is 15.0 Å². The summed E-state index contributed by atoms with van der Waals surface area (Å²) < 4.78 is 0. The number of rotatable bonds is 3. The summed E-state index contributed by atoms with van der Waals surface area (Å²) in [4.78, 5) is 15.6. The maximum Gasteiger partial charge on any atom is 0.0744 e. The van der Waals surface area contributed by atoms with Gasteiger partial charge in [-0.25, -0.2) is 0 Å². The third kappa shape index (κ3) is 2.81. The highest BCUT2D eigenvalue weighted by molar-refractivity contribution is 5.91.